The van der Waals surface area contributed by atoms with Gasteiger partial charge in [0, 0.05) is 11.8 Å². The normalized spacial score (nSPS) is 18.8. The highest BCUT2D eigenvalue weighted by Gasteiger charge is 2.44. The van der Waals surface area contributed by atoms with E-state index in [1.54, 1.807) is 0 Å². The molecule has 0 nitrogen and oxygen atoms in total. The Bertz CT molecular complexity index is 4650. The molecule has 0 heterocycles. The van der Waals surface area contributed by atoms with Gasteiger partial charge in [-0.3, -0.25) is 0 Å². The van der Waals surface area contributed by atoms with Crippen LogP contribution in [0, 0.1) is 17.8 Å². The van der Waals surface area contributed by atoms with Crippen LogP contribution in [0.4, 0.5) is 0 Å². The van der Waals surface area contributed by atoms with Crippen molar-refractivity contribution in [1.29, 1.82) is 0 Å². The molecule has 10 aromatic rings. The summed E-state index contributed by atoms with van der Waals surface area (Å²) in [6.07, 6.45) is 18.2. The van der Waals surface area contributed by atoms with Crippen LogP contribution in [0.15, 0.2) is 181 Å². The van der Waals surface area contributed by atoms with Crippen LogP contribution in [0.2, 0.25) is 0 Å². The van der Waals surface area contributed by atoms with Crippen LogP contribution in [0.1, 0.15) is 137 Å². The van der Waals surface area contributed by atoms with E-state index in [9.17, 15) is 0 Å². The van der Waals surface area contributed by atoms with E-state index in [0.717, 1.165) is 6.42 Å². The predicted molar refractivity (Wildman–Crippen MR) is 355 cm³/mol. The van der Waals surface area contributed by atoms with Crippen molar-refractivity contribution in [2.24, 2.45) is 17.8 Å². The first-order valence-corrected chi connectivity index (χ1v) is 30.5. The Kier molecular flexibility index (Phi) is 10.0. The maximum atomic E-state index is 2.69. The van der Waals surface area contributed by atoms with E-state index in [1.165, 1.54) is 182 Å². The molecule has 0 N–H and O–H groups in total. The summed E-state index contributed by atoms with van der Waals surface area (Å²) < 4.78 is 0. The molecule has 0 saturated carbocycles. The van der Waals surface area contributed by atoms with Crippen molar-refractivity contribution < 1.29 is 0 Å². The highest BCUT2D eigenvalue weighted by Crippen LogP contribution is 2.64. The number of allylic oxidation sites excluding steroid dienone is 12. The van der Waals surface area contributed by atoms with Crippen LogP contribution < -0.4 is 0 Å². The van der Waals surface area contributed by atoms with Gasteiger partial charge in [-0.2, -0.15) is 0 Å². The molecule has 0 bridgehead atoms. The number of rotatable bonds is 3. The van der Waals surface area contributed by atoms with E-state index >= 15 is 0 Å². The lowest BCUT2D eigenvalue weighted by Gasteiger charge is -2.35. The van der Waals surface area contributed by atoms with Crippen LogP contribution in [-0.4, -0.2) is 0 Å². The topological polar surface area (TPSA) is 0 Å². The van der Waals surface area contributed by atoms with E-state index in [0.29, 0.717) is 5.92 Å². The molecule has 0 fully saturated rings. The monoisotopic (exact) mass is 1060 g/mol. The molecule has 10 aromatic carbocycles. The zero-order valence-electron chi connectivity index (χ0n) is 50.5. The van der Waals surface area contributed by atoms with Gasteiger partial charge in [0.25, 0.3) is 0 Å². The van der Waals surface area contributed by atoms with Gasteiger partial charge in [0.15, 0.2) is 0 Å². The molecule has 0 amide bonds. The molecule has 0 aromatic heterocycles. The summed E-state index contributed by atoms with van der Waals surface area (Å²) in [5, 5.41) is 13.6. The van der Waals surface area contributed by atoms with Gasteiger partial charge in [-0.1, -0.05) is 242 Å². The lowest BCUT2D eigenvalue weighted by atomic mass is 9.68. The number of hydrogen-bond donors (Lipinski definition) is 0. The summed E-state index contributed by atoms with van der Waals surface area (Å²) in [6, 6.07) is 49.6. The van der Waals surface area contributed by atoms with Gasteiger partial charge in [-0.15, -0.1) is 0 Å². The van der Waals surface area contributed by atoms with Gasteiger partial charge in [-0.05, 0) is 235 Å². The van der Waals surface area contributed by atoms with Crippen LogP contribution in [-0.2, 0) is 21.7 Å². The molecule has 16 rings (SSSR count). The molecule has 0 saturated heterocycles. The first kappa shape index (κ1) is 50.0. The third-order valence-corrected chi connectivity index (χ3v) is 20.4. The van der Waals surface area contributed by atoms with E-state index in [1.807, 2.05) is 0 Å². The highest BCUT2D eigenvalue weighted by atomic mass is 14.5. The Morgan fingerprint density at radius 1 is 0.378 bits per heavy atom. The lowest BCUT2D eigenvalue weighted by molar-refractivity contribution is 0.568. The van der Waals surface area contributed by atoms with Crippen molar-refractivity contribution in [2.45, 2.75) is 125 Å². The van der Waals surface area contributed by atoms with E-state index in [2.05, 4.69) is 261 Å². The summed E-state index contributed by atoms with van der Waals surface area (Å²) in [4.78, 5) is 0. The number of benzene rings is 10. The zero-order valence-corrected chi connectivity index (χ0v) is 50.5. The standard InChI is InChI=1S/C82H74/c1-43-19-17-20-44(2)69(43)57-27-30-62-66-42-68-67(41-65(66)54-24-18-23-53(57)72(54)62)70(45-35-47(79(3,4)5)39-48(36-45)80(6,7)8)77-63-33-31-60-58-28-25-55-51-21-15-16-22-52(51)56-26-29-59(74(58)73(55)56)61-32-34-64(76(63)75(60)61)78(77)71(68)46-37-49(81(9,10)11)40-50(38-46)82(12,13)14/h15-19,21-42,44,53,72H,20H2,1-14H3. The number of fused-ring (bicyclic) bond motifs is 12. The van der Waals surface area contributed by atoms with Crippen molar-refractivity contribution >= 4 is 65.0 Å². The van der Waals surface area contributed by atoms with Gasteiger partial charge in [-0.25, -0.2) is 0 Å². The fourth-order valence-electron chi connectivity index (χ4n) is 16.2. The first-order valence-electron chi connectivity index (χ1n) is 30.5. The Morgan fingerprint density at radius 3 is 1.23 bits per heavy atom. The van der Waals surface area contributed by atoms with Crippen LogP contribution in [0.25, 0.3) is 132 Å². The fourth-order valence-corrected chi connectivity index (χ4v) is 16.2. The Balaban J connectivity index is 1.08. The van der Waals surface area contributed by atoms with Crippen LogP contribution in [0.5, 0.6) is 0 Å². The third kappa shape index (κ3) is 6.79. The van der Waals surface area contributed by atoms with Crippen molar-refractivity contribution in [3.05, 3.63) is 214 Å². The van der Waals surface area contributed by atoms with Crippen molar-refractivity contribution in [3.8, 4) is 66.8 Å². The van der Waals surface area contributed by atoms with Crippen LogP contribution in [0.3, 0.4) is 0 Å². The maximum absolute atomic E-state index is 2.69. The van der Waals surface area contributed by atoms with Gasteiger partial charge in [0.05, 0.1) is 0 Å². The number of hydrogen-bond acceptors (Lipinski definition) is 0. The molecule has 6 aliphatic carbocycles. The fraction of sp³-hybridized carbons (Fsp3) is 0.268. The third-order valence-electron chi connectivity index (χ3n) is 20.4. The van der Waals surface area contributed by atoms with E-state index in [-0.39, 0.29) is 33.5 Å². The summed E-state index contributed by atoms with van der Waals surface area (Å²) in [7, 11) is 0. The summed E-state index contributed by atoms with van der Waals surface area (Å²) in [6.45, 7) is 33.5. The van der Waals surface area contributed by atoms with Crippen molar-refractivity contribution in [3.63, 3.8) is 0 Å². The molecule has 0 aliphatic heterocycles. The predicted octanol–water partition coefficient (Wildman–Crippen LogP) is 23.1. The molecule has 0 spiro atoms. The first-order chi connectivity index (χ1) is 39.0. The zero-order chi connectivity index (χ0) is 56.6. The summed E-state index contributed by atoms with van der Waals surface area (Å²) >= 11 is 0. The SMILES string of the molecule is CC1=C(C2=CC=C3c4cc5c(-c6cc(C(C)(C)C)cc(C(C)(C)C)c6)c6c(c(-c7cc(C(C)(C)C)cc(C(C)(C)C)c7)c5cc4C4=CC=CC2C43)-c2ccc3c4ccc5c7c(ccc(c8ccc-6c2c38)c74)-c2ccccc2-5)C(C)CC=C1. The van der Waals surface area contributed by atoms with Crippen molar-refractivity contribution in [2.75, 3.05) is 0 Å². The Hall–Kier alpha value is -7.80. The van der Waals surface area contributed by atoms with Gasteiger partial charge in [0.1, 0.15) is 0 Å². The molecule has 3 atom stereocenters. The Labute approximate surface area is 485 Å². The van der Waals surface area contributed by atoms with Crippen molar-refractivity contribution in [1.82, 2.24) is 0 Å². The summed E-state index contributed by atoms with van der Waals surface area (Å²) in [5.41, 5.74) is 31.5. The van der Waals surface area contributed by atoms with Crippen LogP contribution >= 0.6 is 0 Å². The quantitative estimate of drug-likeness (QED) is 0.122. The van der Waals surface area contributed by atoms with E-state index in [4.69, 9.17) is 0 Å². The second kappa shape index (κ2) is 16.5. The average molecular weight is 1060 g/mol. The second-order valence-electron chi connectivity index (χ2n) is 29.6. The minimum Gasteiger partial charge on any atom is -0.0837 e. The molecule has 0 heteroatoms. The van der Waals surface area contributed by atoms with Gasteiger partial charge < -0.3 is 0 Å². The molecular weight excluding hydrogens is 985 g/mol. The van der Waals surface area contributed by atoms with E-state index < -0.39 is 0 Å². The second-order valence-corrected chi connectivity index (χ2v) is 29.6. The Morgan fingerprint density at radius 2 is 0.793 bits per heavy atom. The molecule has 402 valence electrons. The molecule has 6 aliphatic rings. The molecule has 3 unspecified atom stereocenters. The lowest BCUT2D eigenvalue weighted by Crippen LogP contribution is -2.23. The largest absolute Gasteiger partial charge is 0.0837 e. The smallest absolute Gasteiger partial charge is 0.0205 e. The minimum atomic E-state index is -0.0752. The molecule has 82 heavy (non-hydrogen) atoms. The summed E-state index contributed by atoms with van der Waals surface area (Å²) in [5.74, 6) is 1.03. The maximum Gasteiger partial charge on any atom is 0.0205 e. The van der Waals surface area contributed by atoms with Gasteiger partial charge in [0.2, 0.25) is 0 Å². The minimum absolute atomic E-state index is 0.0752. The van der Waals surface area contributed by atoms with Gasteiger partial charge >= 0.3 is 0 Å². The highest BCUT2D eigenvalue weighted by molar-refractivity contribution is 6.41. The molecular formula is C82H74. The average Bonchev–Trinajstić information content (AvgIpc) is 1.88. The molecule has 0 radical (unpaired) electrons.